The zero-order chi connectivity index (χ0) is 14.9. The highest BCUT2D eigenvalue weighted by Crippen LogP contribution is 2.34. The number of carbonyl (C=O) groups is 2. The van der Waals surface area contributed by atoms with Gasteiger partial charge in [0.05, 0.1) is 15.7 Å². The van der Waals surface area contributed by atoms with Crippen molar-refractivity contribution in [2.24, 2.45) is 5.92 Å². The number of nitrogens with one attached hydrogen (secondary N) is 2. The summed E-state index contributed by atoms with van der Waals surface area (Å²) in [4.78, 5) is 22.8. The molecule has 1 saturated carbocycles. The van der Waals surface area contributed by atoms with Crippen LogP contribution in [-0.4, -0.2) is 23.1 Å². The molecule has 1 atom stereocenters. The number of anilines is 1. The van der Waals surface area contributed by atoms with Gasteiger partial charge >= 0.3 is 12.0 Å². The molecule has 0 spiro atoms. The van der Waals surface area contributed by atoms with E-state index in [4.69, 9.17) is 39.9 Å². The summed E-state index contributed by atoms with van der Waals surface area (Å²) in [5.74, 6) is -1.08. The summed E-state index contributed by atoms with van der Waals surface area (Å²) in [5.41, 5.74) is 0.190. The Hall–Kier alpha value is -1.17. The number of carbonyl (C=O) groups excluding carboxylic acids is 1. The third-order valence-electron chi connectivity index (χ3n) is 2.89. The van der Waals surface area contributed by atoms with Crippen LogP contribution in [0.3, 0.4) is 0 Å². The van der Waals surface area contributed by atoms with E-state index in [0.717, 1.165) is 12.8 Å². The first-order valence-electron chi connectivity index (χ1n) is 5.83. The van der Waals surface area contributed by atoms with Crippen LogP contribution in [-0.2, 0) is 4.79 Å². The van der Waals surface area contributed by atoms with Crippen molar-refractivity contribution in [2.45, 2.75) is 18.9 Å². The predicted molar refractivity (Wildman–Crippen MR) is 77.8 cm³/mol. The summed E-state index contributed by atoms with van der Waals surface area (Å²) in [6.45, 7) is 0. The molecule has 0 aromatic heterocycles. The van der Waals surface area contributed by atoms with E-state index < -0.39 is 18.0 Å². The number of urea groups is 1. The van der Waals surface area contributed by atoms with Gasteiger partial charge in [0, 0.05) is 5.02 Å². The van der Waals surface area contributed by atoms with Gasteiger partial charge in [-0.25, -0.2) is 9.59 Å². The SMILES string of the molecule is O=C(Nc1c(Cl)cc(Cl)cc1Cl)NC(C(=O)O)C1CC1. The van der Waals surface area contributed by atoms with E-state index in [9.17, 15) is 9.59 Å². The van der Waals surface area contributed by atoms with Gasteiger partial charge < -0.3 is 15.7 Å². The highest BCUT2D eigenvalue weighted by molar-refractivity contribution is 6.42. The maximum atomic E-state index is 11.8. The summed E-state index contributed by atoms with van der Waals surface area (Å²) >= 11 is 17.6. The molecule has 0 aliphatic heterocycles. The number of aliphatic carboxylic acids is 1. The van der Waals surface area contributed by atoms with E-state index in [2.05, 4.69) is 10.6 Å². The molecule has 108 valence electrons. The average molecular weight is 338 g/mol. The van der Waals surface area contributed by atoms with Crippen LogP contribution in [0.4, 0.5) is 10.5 Å². The minimum atomic E-state index is -1.06. The normalized spacial score (nSPS) is 15.6. The third kappa shape index (κ3) is 3.69. The smallest absolute Gasteiger partial charge is 0.326 e. The minimum absolute atomic E-state index is 0.0191. The second-order valence-corrected chi connectivity index (χ2v) is 5.75. The molecule has 1 aromatic carbocycles. The van der Waals surface area contributed by atoms with Crippen molar-refractivity contribution in [3.05, 3.63) is 27.2 Å². The largest absolute Gasteiger partial charge is 0.480 e. The highest BCUT2D eigenvalue weighted by atomic mass is 35.5. The van der Waals surface area contributed by atoms with Gasteiger partial charge in [-0.05, 0) is 30.9 Å². The zero-order valence-electron chi connectivity index (χ0n) is 10.1. The monoisotopic (exact) mass is 336 g/mol. The van der Waals surface area contributed by atoms with Crippen molar-refractivity contribution in [1.29, 1.82) is 0 Å². The van der Waals surface area contributed by atoms with E-state index in [1.54, 1.807) is 0 Å². The topological polar surface area (TPSA) is 78.4 Å². The van der Waals surface area contributed by atoms with E-state index in [1.165, 1.54) is 12.1 Å². The molecule has 1 unspecified atom stereocenters. The van der Waals surface area contributed by atoms with Crippen LogP contribution in [0.2, 0.25) is 15.1 Å². The molecule has 2 amide bonds. The molecule has 0 bridgehead atoms. The molecule has 1 aromatic rings. The number of carboxylic acid groups (broad SMARTS) is 1. The molecule has 2 rings (SSSR count). The fraction of sp³-hybridized carbons (Fsp3) is 0.333. The molecular formula is C12H11Cl3N2O3. The molecule has 0 heterocycles. The number of amides is 2. The molecule has 1 fully saturated rings. The number of carboxylic acids is 1. The number of halogens is 3. The van der Waals surface area contributed by atoms with Crippen molar-refractivity contribution < 1.29 is 14.7 Å². The van der Waals surface area contributed by atoms with Crippen molar-refractivity contribution in [3.63, 3.8) is 0 Å². The van der Waals surface area contributed by atoms with E-state index in [1.807, 2.05) is 0 Å². The summed E-state index contributed by atoms with van der Waals surface area (Å²) in [6, 6.07) is 1.29. The number of benzene rings is 1. The van der Waals surface area contributed by atoms with Crippen molar-refractivity contribution in [1.82, 2.24) is 5.32 Å². The number of hydrogen-bond acceptors (Lipinski definition) is 2. The standard InChI is InChI=1S/C12H11Cl3N2O3/c13-6-3-7(14)10(8(15)4-6)17-12(20)16-9(11(18)19)5-1-2-5/h3-5,9H,1-2H2,(H,18,19)(H2,16,17,20). The van der Waals surface area contributed by atoms with Gasteiger partial charge in [-0.1, -0.05) is 34.8 Å². The maximum Gasteiger partial charge on any atom is 0.326 e. The number of rotatable bonds is 4. The molecule has 3 N–H and O–H groups in total. The maximum absolute atomic E-state index is 11.8. The fourth-order valence-corrected chi connectivity index (χ4v) is 2.67. The summed E-state index contributed by atoms with van der Waals surface area (Å²) in [5, 5.41) is 14.6. The molecule has 5 nitrogen and oxygen atoms in total. The van der Waals surface area contributed by atoms with E-state index in [-0.39, 0.29) is 21.7 Å². The van der Waals surface area contributed by atoms with Gasteiger partial charge in [0.1, 0.15) is 6.04 Å². The Labute approximate surface area is 130 Å². The van der Waals surface area contributed by atoms with Crippen LogP contribution in [0.5, 0.6) is 0 Å². The first-order valence-corrected chi connectivity index (χ1v) is 6.96. The molecule has 20 heavy (non-hydrogen) atoms. The lowest BCUT2D eigenvalue weighted by molar-refractivity contribution is -0.139. The Morgan fingerprint density at radius 2 is 1.75 bits per heavy atom. The zero-order valence-corrected chi connectivity index (χ0v) is 12.4. The second-order valence-electron chi connectivity index (χ2n) is 4.50. The van der Waals surface area contributed by atoms with E-state index >= 15 is 0 Å². The lowest BCUT2D eigenvalue weighted by Gasteiger charge is -2.15. The fourth-order valence-electron chi connectivity index (χ4n) is 1.76. The number of hydrogen-bond donors (Lipinski definition) is 3. The van der Waals surface area contributed by atoms with Crippen LogP contribution >= 0.6 is 34.8 Å². The molecule has 8 heteroatoms. The van der Waals surface area contributed by atoms with Crippen LogP contribution in [0.15, 0.2) is 12.1 Å². The van der Waals surface area contributed by atoms with Gasteiger partial charge in [0.25, 0.3) is 0 Å². The van der Waals surface area contributed by atoms with Crippen LogP contribution in [0.1, 0.15) is 12.8 Å². The average Bonchev–Trinajstić information content (AvgIpc) is 3.14. The lowest BCUT2D eigenvalue weighted by Crippen LogP contribution is -2.44. The van der Waals surface area contributed by atoms with Crippen LogP contribution in [0.25, 0.3) is 0 Å². The van der Waals surface area contributed by atoms with Gasteiger partial charge in [-0.3, -0.25) is 0 Å². The summed E-state index contributed by atoms with van der Waals surface area (Å²) in [7, 11) is 0. The highest BCUT2D eigenvalue weighted by Gasteiger charge is 2.37. The third-order valence-corrected chi connectivity index (χ3v) is 3.71. The quantitative estimate of drug-likeness (QED) is 0.785. The molecular weight excluding hydrogens is 327 g/mol. The van der Waals surface area contributed by atoms with Crippen molar-refractivity contribution in [3.8, 4) is 0 Å². The predicted octanol–water partition coefficient (Wildman–Crippen LogP) is 3.63. The molecule has 0 radical (unpaired) electrons. The first kappa shape index (κ1) is 15.2. The molecule has 1 aliphatic carbocycles. The van der Waals surface area contributed by atoms with Gasteiger partial charge in [0.15, 0.2) is 0 Å². The lowest BCUT2D eigenvalue weighted by atomic mass is 10.2. The Morgan fingerprint density at radius 3 is 2.20 bits per heavy atom. The Balaban J connectivity index is 2.06. The van der Waals surface area contributed by atoms with Crippen molar-refractivity contribution in [2.75, 3.05) is 5.32 Å². The molecule has 1 aliphatic rings. The van der Waals surface area contributed by atoms with Crippen LogP contribution < -0.4 is 10.6 Å². The van der Waals surface area contributed by atoms with Gasteiger partial charge in [-0.2, -0.15) is 0 Å². The van der Waals surface area contributed by atoms with E-state index in [0.29, 0.717) is 5.02 Å². The van der Waals surface area contributed by atoms with Crippen molar-refractivity contribution >= 4 is 52.5 Å². The van der Waals surface area contributed by atoms with Gasteiger partial charge in [0.2, 0.25) is 0 Å². The molecule has 0 saturated heterocycles. The minimum Gasteiger partial charge on any atom is -0.480 e. The first-order chi connectivity index (χ1) is 9.38. The second kappa shape index (κ2) is 6.08. The Kier molecular flexibility index (Phi) is 4.62. The Bertz CT molecular complexity index is 538. The van der Waals surface area contributed by atoms with Crippen LogP contribution in [0, 0.1) is 5.92 Å². The van der Waals surface area contributed by atoms with Gasteiger partial charge in [-0.15, -0.1) is 0 Å². The summed E-state index contributed by atoms with van der Waals surface area (Å²) in [6.07, 6.45) is 1.58. The Morgan fingerprint density at radius 1 is 1.20 bits per heavy atom. The summed E-state index contributed by atoms with van der Waals surface area (Å²) < 4.78 is 0.